The fourth-order valence-electron chi connectivity index (χ4n) is 1.16. The first-order valence-corrected chi connectivity index (χ1v) is 4.62. The molecule has 1 rings (SSSR count). The molecule has 0 radical (unpaired) electrons. The van der Waals surface area contributed by atoms with Crippen LogP contribution in [0.1, 0.15) is 11.1 Å². The largest absolute Gasteiger partial charge is 0.316 e. The van der Waals surface area contributed by atoms with E-state index in [0.29, 0.717) is 0 Å². The molecule has 0 spiro atoms. The van der Waals surface area contributed by atoms with E-state index in [1.165, 1.54) is 17.1 Å². The zero-order valence-corrected chi connectivity index (χ0v) is 8.53. The van der Waals surface area contributed by atoms with Gasteiger partial charge in [-0.1, -0.05) is 24.3 Å². The Bertz CT molecular complexity index is 344. The van der Waals surface area contributed by atoms with Crippen molar-refractivity contribution >= 4 is 12.0 Å². The molecule has 0 aliphatic rings. The summed E-state index contributed by atoms with van der Waals surface area (Å²) < 4.78 is 0. The zero-order valence-electron chi connectivity index (χ0n) is 8.53. The van der Waals surface area contributed by atoms with Crippen LogP contribution in [0.25, 0.3) is 6.08 Å². The van der Waals surface area contributed by atoms with Gasteiger partial charge in [-0.2, -0.15) is 0 Å². The smallest absolute Gasteiger partial charge is 0.267 e. The van der Waals surface area contributed by atoms with Gasteiger partial charge < -0.3 is 5.32 Å². The molecule has 0 fully saturated rings. The topological polar surface area (TPSA) is 61.4 Å². The van der Waals surface area contributed by atoms with Crippen LogP contribution in [-0.4, -0.2) is 18.2 Å². The molecule has 0 aliphatic heterocycles. The van der Waals surface area contributed by atoms with Crippen LogP contribution < -0.4 is 10.8 Å². The lowest BCUT2D eigenvalue weighted by Gasteiger charge is -1.99. The Hall–Kier alpha value is -1.65. The first-order chi connectivity index (χ1) is 7.26. The van der Waals surface area contributed by atoms with Gasteiger partial charge in [-0.3, -0.25) is 10.0 Å². The van der Waals surface area contributed by atoms with E-state index < -0.39 is 5.91 Å². The first kappa shape index (κ1) is 11.4. The summed E-state index contributed by atoms with van der Waals surface area (Å²) in [6, 6.07) is 7.78. The maximum Gasteiger partial charge on any atom is 0.267 e. The average molecular weight is 206 g/mol. The second-order valence-corrected chi connectivity index (χ2v) is 3.08. The summed E-state index contributed by atoms with van der Waals surface area (Å²) in [4.78, 5) is 10.7. The van der Waals surface area contributed by atoms with Gasteiger partial charge >= 0.3 is 0 Å². The van der Waals surface area contributed by atoms with E-state index in [1.54, 1.807) is 6.08 Å². The molecule has 3 N–H and O–H groups in total. The second-order valence-electron chi connectivity index (χ2n) is 3.08. The molecule has 0 atom stereocenters. The third-order valence-electron chi connectivity index (χ3n) is 1.90. The normalized spacial score (nSPS) is 10.5. The van der Waals surface area contributed by atoms with Gasteiger partial charge in [0, 0.05) is 12.6 Å². The number of amides is 1. The van der Waals surface area contributed by atoms with E-state index in [-0.39, 0.29) is 0 Å². The molecular formula is C11H14N2O2. The summed E-state index contributed by atoms with van der Waals surface area (Å²) in [5.74, 6) is -0.533. The summed E-state index contributed by atoms with van der Waals surface area (Å²) in [7, 11) is 1.89. The monoisotopic (exact) mass is 206 g/mol. The van der Waals surface area contributed by atoms with Crippen LogP contribution in [0.5, 0.6) is 0 Å². The average Bonchev–Trinajstić information content (AvgIpc) is 2.28. The molecule has 0 saturated carbocycles. The minimum Gasteiger partial charge on any atom is -0.316 e. The molecule has 0 heterocycles. The van der Waals surface area contributed by atoms with Crippen molar-refractivity contribution in [2.45, 2.75) is 6.54 Å². The Balaban J connectivity index is 2.64. The molecule has 0 saturated heterocycles. The number of hydroxylamine groups is 1. The van der Waals surface area contributed by atoms with Crippen molar-refractivity contribution in [3.05, 3.63) is 41.5 Å². The van der Waals surface area contributed by atoms with E-state index in [1.807, 2.05) is 31.3 Å². The van der Waals surface area contributed by atoms with E-state index >= 15 is 0 Å². The number of hydrogen-bond donors (Lipinski definition) is 3. The van der Waals surface area contributed by atoms with E-state index in [4.69, 9.17) is 5.21 Å². The van der Waals surface area contributed by atoms with Crippen molar-refractivity contribution in [2.75, 3.05) is 7.05 Å². The minimum atomic E-state index is -0.533. The lowest BCUT2D eigenvalue weighted by molar-refractivity contribution is -0.124. The van der Waals surface area contributed by atoms with Gasteiger partial charge in [-0.15, -0.1) is 0 Å². The fraction of sp³-hybridized carbons (Fsp3) is 0.182. The summed E-state index contributed by atoms with van der Waals surface area (Å²) in [5, 5.41) is 11.3. The van der Waals surface area contributed by atoms with Gasteiger partial charge in [0.2, 0.25) is 0 Å². The van der Waals surface area contributed by atoms with Crippen molar-refractivity contribution < 1.29 is 10.0 Å². The zero-order chi connectivity index (χ0) is 11.1. The van der Waals surface area contributed by atoms with Gasteiger partial charge in [0.1, 0.15) is 0 Å². The molecule has 1 aromatic rings. The highest BCUT2D eigenvalue weighted by Gasteiger charge is 1.92. The number of nitrogens with one attached hydrogen (secondary N) is 2. The standard InChI is InChI=1S/C11H14N2O2/c1-12-8-10-4-2-9(3-5-10)6-7-11(14)13-15/h2-7,12,15H,8H2,1H3,(H,13,14)/b7-6+. The van der Waals surface area contributed by atoms with Crippen molar-refractivity contribution in [3.63, 3.8) is 0 Å². The van der Waals surface area contributed by atoms with Crippen molar-refractivity contribution in [1.82, 2.24) is 10.8 Å². The predicted molar refractivity (Wildman–Crippen MR) is 58.2 cm³/mol. The second kappa shape index (κ2) is 5.95. The molecule has 0 aliphatic carbocycles. The number of rotatable bonds is 4. The quantitative estimate of drug-likeness (QED) is 0.390. The Labute approximate surface area is 88.6 Å². The molecule has 4 heteroatoms. The van der Waals surface area contributed by atoms with E-state index in [0.717, 1.165) is 12.1 Å². The van der Waals surface area contributed by atoms with Gasteiger partial charge in [0.15, 0.2) is 0 Å². The van der Waals surface area contributed by atoms with Gasteiger partial charge in [-0.25, -0.2) is 5.48 Å². The predicted octanol–water partition coefficient (Wildman–Crippen LogP) is 0.925. The fourth-order valence-corrected chi connectivity index (χ4v) is 1.16. The van der Waals surface area contributed by atoms with Crippen LogP contribution >= 0.6 is 0 Å². The van der Waals surface area contributed by atoms with Gasteiger partial charge in [0.25, 0.3) is 5.91 Å². The molecule has 0 unspecified atom stereocenters. The number of benzene rings is 1. The molecule has 15 heavy (non-hydrogen) atoms. The summed E-state index contributed by atoms with van der Waals surface area (Å²) in [5.41, 5.74) is 3.63. The van der Waals surface area contributed by atoms with Crippen LogP contribution in [0.15, 0.2) is 30.3 Å². The third kappa shape index (κ3) is 3.93. The Morgan fingerprint density at radius 3 is 2.60 bits per heavy atom. The number of carbonyl (C=O) groups excluding carboxylic acids is 1. The molecule has 0 bridgehead atoms. The van der Waals surface area contributed by atoms with Crippen LogP contribution in [0, 0.1) is 0 Å². The van der Waals surface area contributed by atoms with Crippen molar-refractivity contribution in [2.24, 2.45) is 0 Å². The molecular weight excluding hydrogens is 192 g/mol. The number of carbonyl (C=O) groups is 1. The Kier molecular flexibility index (Phi) is 4.53. The lowest BCUT2D eigenvalue weighted by Crippen LogP contribution is -2.14. The molecule has 0 aromatic heterocycles. The summed E-state index contributed by atoms with van der Waals surface area (Å²) in [6.07, 6.45) is 2.90. The lowest BCUT2D eigenvalue weighted by atomic mass is 10.1. The van der Waals surface area contributed by atoms with Crippen LogP contribution in [0.4, 0.5) is 0 Å². The maximum absolute atomic E-state index is 10.7. The molecule has 1 amide bonds. The third-order valence-corrected chi connectivity index (χ3v) is 1.90. The van der Waals surface area contributed by atoms with Crippen molar-refractivity contribution in [1.29, 1.82) is 0 Å². The summed E-state index contributed by atoms with van der Waals surface area (Å²) in [6.45, 7) is 0.821. The first-order valence-electron chi connectivity index (χ1n) is 4.62. The van der Waals surface area contributed by atoms with E-state index in [9.17, 15) is 4.79 Å². The highest BCUT2D eigenvalue weighted by molar-refractivity contribution is 5.90. The van der Waals surface area contributed by atoms with Gasteiger partial charge in [-0.05, 0) is 24.3 Å². The van der Waals surface area contributed by atoms with Crippen molar-refractivity contribution in [3.8, 4) is 0 Å². The number of hydrogen-bond acceptors (Lipinski definition) is 3. The molecule has 4 nitrogen and oxygen atoms in total. The summed E-state index contributed by atoms with van der Waals surface area (Å²) >= 11 is 0. The molecule has 80 valence electrons. The van der Waals surface area contributed by atoms with Crippen LogP contribution in [0.2, 0.25) is 0 Å². The molecule has 1 aromatic carbocycles. The minimum absolute atomic E-state index is 0.533. The van der Waals surface area contributed by atoms with Crippen LogP contribution in [0.3, 0.4) is 0 Å². The van der Waals surface area contributed by atoms with E-state index in [2.05, 4.69) is 5.32 Å². The Morgan fingerprint density at radius 1 is 1.40 bits per heavy atom. The highest BCUT2D eigenvalue weighted by Crippen LogP contribution is 2.05. The maximum atomic E-state index is 10.7. The van der Waals surface area contributed by atoms with Gasteiger partial charge in [0.05, 0.1) is 0 Å². The van der Waals surface area contributed by atoms with Crippen LogP contribution in [-0.2, 0) is 11.3 Å². The highest BCUT2D eigenvalue weighted by atomic mass is 16.5. The Morgan fingerprint density at radius 2 is 2.07 bits per heavy atom. The SMILES string of the molecule is CNCc1ccc(/C=C/C(=O)NO)cc1.